The fraction of sp³-hybridized carbons (Fsp3) is 1.00. The van der Waals surface area contributed by atoms with Crippen LogP contribution < -0.4 is 0 Å². The van der Waals surface area contributed by atoms with Crippen molar-refractivity contribution >= 4 is 0 Å². The zero-order chi connectivity index (χ0) is 11.8. The largest absolute Gasteiger partial charge is 0.381 e. The monoisotopic (exact) mass is 226 g/mol. The summed E-state index contributed by atoms with van der Waals surface area (Å²) < 4.78 is 5.41. The summed E-state index contributed by atoms with van der Waals surface area (Å²) in [7, 11) is 1.84. The Morgan fingerprint density at radius 1 is 1.06 bits per heavy atom. The number of methoxy groups -OCH3 is 1. The maximum absolute atomic E-state index is 5.41. The maximum atomic E-state index is 5.41. The second-order valence-corrected chi connectivity index (χ2v) is 6.20. The van der Waals surface area contributed by atoms with E-state index in [1.165, 1.54) is 39.0 Å². The van der Waals surface area contributed by atoms with Gasteiger partial charge in [-0.3, -0.25) is 9.80 Å². The Bertz CT molecular complexity index is 223. The first kappa shape index (κ1) is 12.3. The highest BCUT2D eigenvalue weighted by Gasteiger charge is 2.38. The summed E-state index contributed by atoms with van der Waals surface area (Å²) in [6.45, 7) is 11.9. The highest BCUT2D eigenvalue weighted by molar-refractivity contribution is 4.95. The zero-order valence-corrected chi connectivity index (χ0v) is 11.2. The number of rotatable bonds is 2. The first-order chi connectivity index (χ1) is 7.50. The van der Waals surface area contributed by atoms with Crippen LogP contribution >= 0.6 is 0 Å². The topological polar surface area (TPSA) is 15.7 Å². The molecule has 2 fully saturated rings. The molecule has 2 heterocycles. The van der Waals surface area contributed by atoms with Gasteiger partial charge >= 0.3 is 0 Å². The average molecular weight is 226 g/mol. The van der Waals surface area contributed by atoms with Crippen LogP contribution in [0.2, 0.25) is 0 Å². The molecule has 0 radical (unpaired) electrons. The molecule has 0 amide bonds. The lowest BCUT2D eigenvalue weighted by Crippen LogP contribution is -2.65. The number of ether oxygens (including phenoxy) is 1. The van der Waals surface area contributed by atoms with E-state index < -0.39 is 0 Å². The van der Waals surface area contributed by atoms with E-state index in [4.69, 9.17) is 4.74 Å². The van der Waals surface area contributed by atoms with Crippen LogP contribution in [0.4, 0.5) is 0 Å². The fourth-order valence-corrected chi connectivity index (χ4v) is 2.71. The summed E-state index contributed by atoms with van der Waals surface area (Å²) in [5.74, 6) is 0. The van der Waals surface area contributed by atoms with E-state index in [0.717, 1.165) is 6.04 Å². The lowest BCUT2D eigenvalue weighted by Gasteiger charge is -2.52. The lowest BCUT2D eigenvalue weighted by molar-refractivity contribution is -0.0476. The van der Waals surface area contributed by atoms with Gasteiger partial charge in [-0.15, -0.1) is 0 Å². The molecule has 2 rings (SSSR count). The molecule has 0 aliphatic carbocycles. The first-order valence-electron chi connectivity index (χ1n) is 6.52. The van der Waals surface area contributed by atoms with Crippen molar-refractivity contribution in [1.29, 1.82) is 0 Å². The summed E-state index contributed by atoms with van der Waals surface area (Å²) in [5, 5.41) is 0. The van der Waals surface area contributed by atoms with E-state index in [2.05, 4.69) is 30.6 Å². The predicted molar refractivity (Wildman–Crippen MR) is 66.7 cm³/mol. The summed E-state index contributed by atoms with van der Waals surface area (Å²) in [5.41, 5.74) is 0.349. The molecule has 0 bridgehead atoms. The van der Waals surface area contributed by atoms with Crippen molar-refractivity contribution in [3.05, 3.63) is 0 Å². The van der Waals surface area contributed by atoms with Gasteiger partial charge in [0.1, 0.15) is 0 Å². The van der Waals surface area contributed by atoms with E-state index in [1.807, 2.05) is 7.11 Å². The van der Waals surface area contributed by atoms with E-state index in [-0.39, 0.29) is 0 Å². The Balaban J connectivity index is 1.73. The Morgan fingerprint density at radius 2 is 1.62 bits per heavy atom. The fourth-order valence-electron chi connectivity index (χ4n) is 2.71. The van der Waals surface area contributed by atoms with Gasteiger partial charge in [0.05, 0.1) is 6.10 Å². The lowest BCUT2D eigenvalue weighted by atomic mass is 9.95. The van der Waals surface area contributed by atoms with Crippen LogP contribution in [0.3, 0.4) is 0 Å². The standard InChI is InChI=1S/C13H26N2O/c1-13(2,3)15-9-11(10-15)14-7-5-12(16-4)6-8-14/h11-12H,5-10H2,1-4H3. The molecule has 3 heteroatoms. The van der Waals surface area contributed by atoms with Crippen LogP contribution in [0.1, 0.15) is 33.6 Å². The second-order valence-electron chi connectivity index (χ2n) is 6.20. The molecular formula is C13H26N2O. The average Bonchev–Trinajstić information content (AvgIpc) is 2.14. The van der Waals surface area contributed by atoms with Crippen LogP contribution in [0.25, 0.3) is 0 Å². The molecule has 0 aromatic carbocycles. The number of hydrogen-bond acceptors (Lipinski definition) is 3. The summed E-state index contributed by atoms with van der Waals surface area (Å²) in [4.78, 5) is 5.22. The molecule has 0 N–H and O–H groups in total. The smallest absolute Gasteiger partial charge is 0.0595 e. The van der Waals surface area contributed by atoms with Gasteiger partial charge in [0.25, 0.3) is 0 Å². The SMILES string of the molecule is COC1CCN(C2CN(C(C)(C)C)C2)CC1. The molecule has 0 aromatic heterocycles. The van der Waals surface area contributed by atoms with Crippen molar-refractivity contribution in [1.82, 2.24) is 9.80 Å². The third-order valence-electron chi connectivity index (χ3n) is 4.14. The van der Waals surface area contributed by atoms with E-state index in [0.29, 0.717) is 11.6 Å². The van der Waals surface area contributed by atoms with Crippen molar-refractivity contribution in [3.63, 3.8) is 0 Å². The summed E-state index contributed by atoms with van der Waals surface area (Å²) in [6.07, 6.45) is 2.93. The predicted octanol–water partition coefficient (Wildman–Crippen LogP) is 1.58. The van der Waals surface area contributed by atoms with Gasteiger partial charge in [0.2, 0.25) is 0 Å². The molecule has 2 aliphatic rings. The highest BCUT2D eigenvalue weighted by atomic mass is 16.5. The number of likely N-dealkylation sites (tertiary alicyclic amines) is 2. The van der Waals surface area contributed by atoms with E-state index in [1.54, 1.807) is 0 Å². The molecule has 3 nitrogen and oxygen atoms in total. The molecule has 16 heavy (non-hydrogen) atoms. The summed E-state index contributed by atoms with van der Waals surface area (Å²) >= 11 is 0. The van der Waals surface area contributed by atoms with Gasteiger partial charge in [0, 0.05) is 44.9 Å². The molecule has 2 saturated heterocycles. The van der Waals surface area contributed by atoms with E-state index in [9.17, 15) is 0 Å². The minimum absolute atomic E-state index is 0.349. The molecule has 0 saturated carbocycles. The molecule has 0 unspecified atom stereocenters. The van der Waals surface area contributed by atoms with Gasteiger partial charge < -0.3 is 4.74 Å². The molecule has 94 valence electrons. The van der Waals surface area contributed by atoms with E-state index >= 15 is 0 Å². The first-order valence-corrected chi connectivity index (χ1v) is 6.52. The normalized spacial score (nSPS) is 27.0. The van der Waals surface area contributed by atoms with Gasteiger partial charge in [-0.1, -0.05) is 0 Å². The van der Waals surface area contributed by atoms with Gasteiger partial charge in [0.15, 0.2) is 0 Å². The zero-order valence-electron chi connectivity index (χ0n) is 11.2. The van der Waals surface area contributed by atoms with Gasteiger partial charge in [-0.2, -0.15) is 0 Å². The Kier molecular flexibility index (Phi) is 3.57. The molecule has 0 aromatic rings. The Hall–Kier alpha value is -0.120. The number of hydrogen-bond donors (Lipinski definition) is 0. The van der Waals surface area contributed by atoms with Gasteiger partial charge in [-0.25, -0.2) is 0 Å². The maximum Gasteiger partial charge on any atom is 0.0595 e. The quantitative estimate of drug-likeness (QED) is 0.711. The van der Waals surface area contributed by atoms with Crippen molar-refractivity contribution in [2.45, 2.75) is 51.3 Å². The van der Waals surface area contributed by atoms with Crippen molar-refractivity contribution in [3.8, 4) is 0 Å². The summed E-state index contributed by atoms with van der Waals surface area (Å²) in [6, 6.07) is 0.803. The van der Waals surface area contributed by atoms with Crippen molar-refractivity contribution in [2.24, 2.45) is 0 Å². The Morgan fingerprint density at radius 3 is 2.06 bits per heavy atom. The van der Waals surface area contributed by atoms with Crippen LogP contribution in [-0.4, -0.2) is 60.8 Å². The highest BCUT2D eigenvalue weighted by Crippen LogP contribution is 2.26. The third kappa shape index (κ3) is 2.58. The molecule has 0 atom stereocenters. The Labute approximate surface area is 99.7 Å². The van der Waals surface area contributed by atoms with Crippen LogP contribution in [-0.2, 0) is 4.74 Å². The second kappa shape index (κ2) is 4.63. The number of piperidine rings is 1. The number of nitrogens with zero attached hydrogens (tertiary/aromatic N) is 2. The van der Waals surface area contributed by atoms with Crippen molar-refractivity contribution in [2.75, 3.05) is 33.3 Å². The third-order valence-corrected chi connectivity index (χ3v) is 4.14. The van der Waals surface area contributed by atoms with Gasteiger partial charge in [-0.05, 0) is 33.6 Å². The minimum Gasteiger partial charge on any atom is -0.381 e. The van der Waals surface area contributed by atoms with Crippen LogP contribution in [0, 0.1) is 0 Å². The van der Waals surface area contributed by atoms with Crippen LogP contribution in [0.5, 0.6) is 0 Å². The molecule has 2 aliphatic heterocycles. The van der Waals surface area contributed by atoms with Crippen LogP contribution in [0.15, 0.2) is 0 Å². The van der Waals surface area contributed by atoms with Crippen molar-refractivity contribution < 1.29 is 4.74 Å². The minimum atomic E-state index is 0.349. The molecule has 0 spiro atoms. The molecular weight excluding hydrogens is 200 g/mol.